The summed E-state index contributed by atoms with van der Waals surface area (Å²) in [5, 5.41) is 11.8. The van der Waals surface area contributed by atoms with E-state index in [1.165, 1.54) is 5.56 Å². The molecule has 2 aromatic rings. The summed E-state index contributed by atoms with van der Waals surface area (Å²) < 4.78 is 5.67. The van der Waals surface area contributed by atoms with Gasteiger partial charge in [-0.2, -0.15) is 0 Å². The van der Waals surface area contributed by atoms with Crippen LogP contribution in [0.5, 0.6) is 11.6 Å². The number of aromatic nitrogens is 1. The lowest BCUT2D eigenvalue weighted by Gasteiger charge is -2.07. The molecule has 1 aromatic carbocycles. The lowest BCUT2D eigenvalue weighted by Crippen LogP contribution is -2.20. The largest absolute Gasteiger partial charge is 0.439 e. The second-order valence-electron chi connectivity index (χ2n) is 4.14. The van der Waals surface area contributed by atoms with Gasteiger partial charge >= 0.3 is 0 Å². The van der Waals surface area contributed by atoms with Crippen molar-refractivity contribution in [3.63, 3.8) is 0 Å². The Morgan fingerprint density at radius 3 is 2.89 bits per heavy atom. The van der Waals surface area contributed by atoms with Crippen LogP contribution in [0.15, 0.2) is 48.7 Å². The first-order valence-electron chi connectivity index (χ1n) is 6.38. The van der Waals surface area contributed by atoms with Crippen molar-refractivity contribution in [3.8, 4) is 11.6 Å². The number of aliphatic hydroxyl groups is 1. The van der Waals surface area contributed by atoms with Crippen LogP contribution in [-0.2, 0) is 6.42 Å². The van der Waals surface area contributed by atoms with Gasteiger partial charge in [0.05, 0.1) is 6.61 Å². The van der Waals surface area contributed by atoms with Crippen molar-refractivity contribution in [1.29, 1.82) is 0 Å². The van der Waals surface area contributed by atoms with Gasteiger partial charge in [0.2, 0.25) is 5.88 Å². The third-order valence-corrected chi connectivity index (χ3v) is 2.64. The van der Waals surface area contributed by atoms with Gasteiger partial charge < -0.3 is 15.2 Å². The van der Waals surface area contributed by atoms with Crippen LogP contribution in [0.3, 0.4) is 0 Å². The van der Waals surface area contributed by atoms with E-state index in [-0.39, 0.29) is 8.03 Å². The fourth-order valence-corrected chi connectivity index (χ4v) is 1.73. The highest BCUT2D eigenvalue weighted by molar-refractivity contribution is 5.31. The molecule has 102 valence electrons. The highest BCUT2D eigenvalue weighted by Gasteiger charge is 1.99. The van der Waals surface area contributed by atoms with Gasteiger partial charge in [-0.15, -0.1) is 0 Å². The highest BCUT2D eigenvalue weighted by atomic mass is 16.5. The van der Waals surface area contributed by atoms with E-state index in [4.69, 9.17) is 9.84 Å². The minimum Gasteiger partial charge on any atom is -0.439 e. The summed E-state index contributed by atoms with van der Waals surface area (Å²) in [7, 11) is 0. The topological polar surface area (TPSA) is 54.4 Å². The Hall–Kier alpha value is -1.91. The third-order valence-electron chi connectivity index (χ3n) is 2.64. The van der Waals surface area contributed by atoms with Crippen molar-refractivity contribution in [1.82, 2.24) is 10.3 Å². The number of nitrogens with zero attached hydrogens (tertiary/aromatic N) is 1. The molecule has 4 nitrogen and oxygen atoms in total. The average Bonchev–Trinajstić information content (AvgIpc) is 2.45. The summed E-state index contributed by atoms with van der Waals surface area (Å²) in [5.74, 6) is 1.39. The van der Waals surface area contributed by atoms with Crippen LogP contribution in [-0.4, -0.2) is 29.8 Å². The highest BCUT2D eigenvalue weighted by Crippen LogP contribution is 2.20. The summed E-state index contributed by atoms with van der Waals surface area (Å²) in [6.45, 7) is 1.64. The molecule has 0 unspecified atom stereocenters. The predicted molar refractivity (Wildman–Crippen MR) is 76.5 cm³/mol. The number of pyridine rings is 1. The molecule has 1 heterocycles. The average molecular weight is 260 g/mol. The Balaban J connectivity index is 0.00000200. The minimum absolute atomic E-state index is 0. The van der Waals surface area contributed by atoms with Crippen molar-refractivity contribution >= 4 is 0 Å². The molecule has 0 aliphatic heterocycles. The monoisotopic (exact) mass is 260 g/mol. The van der Waals surface area contributed by atoms with Gasteiger partial charge in [0.25, 0.3) is 0 Å². The Labute approximate surface area is 114 Å². The fourth-order valence-electron chi connectivity index (χ4n) is 1.73. The predicted octanol–water partition coefficient (Wildman–Crippen LogP) is 2.24. The van der Waals surface area contributed by atoms with Gasteiger partial charge in [-0.25, -0.2) is 4.98 Å². The molecule has 0 amide bonds. The van der Waals surface area contributed by atoms with Crippen LogP contribution in [0.25, 0.3) is 0 Å². The zero-order chi connectivity index (χ0) is 13.3. The maximum Gasteiger partial charge on any atom is 0.219 e. The summed E-state index contributed by atoms with van der Waals surface area (Å²) >= 11 is 0. The molecule has 0 saturated carbocycles. The maximum atomic E-state index is 8.68. The number of hydrogen-bond acceptors (Lipinski definition) is 4. The van der Waals surface area contributed by atoms with E-state index in [2.05, 4.69) is 16.4 Å². The quantitative estimate of drug-likeness (QED) is 0.750. The SMILES string of the molecule is OCCNCCc1cccc(Oc2ccccn2)c1.[HH]. The molecule has 19 heavy (non-hydrogen) atoms. The third kappa shape index (κ3) is 4.69. The smallest absolute Gasteiger partial charge is 0.219 e. The number of benzene rings is 1. The summed E-state index contributed by atoms with van der Waals surface area (Å²) in [4.78, 5) is 4.13. The van der Waals surface area contributed by atoms with E-state index in [0.29, 0.717) is 12.4 Å². The van der Waals surface area contributed by atoms with Crippen molar-refractivity contribution in [2.24, 2.45) is 0 Å². The molecule has 0 saturated heterocycles. The molecule has 0 radical (unpaired) electrons. The van der Waals surface area contributed by atoms with E-state index in [9.17, 15) is 0 Å². The van der Waals surface area contributed by atoms with Crippen molar-refractivity contribution in [3.05, 3.63) is 54.2 Å². The van der Waals surface area contributed by atoms with Gasteiger partial charge in [0.15, 0.2) is 0 Å². The molecular formula is C15H20N2O2. The van der Waals surface area contributed by atoms with Crippen molar-refractivity contribution in [2.45, 2.75) is 6.42 Å². The maximum absolute atomic E-state index is 8.68. The Morgan fingerprint density at radius 1 is 1.16 bits per heavy atom. The van der Waals surface area contributed by atoms with Gasteiger partial charge in [-0.05, 0) is 36.7 Å². The van der Waals surface area contributed by atoms with Crippen LogP contribution in [0.4, 0.5) is 0 Å². The summed E-state index contributed by atoms with van der Waals surface area (Å²) in [5.41, 5.74) is 1.19. The number of ether oxygens (including phenoxy) is 1. The lowest BCUT2D eigenvalue weighted by atomic mass is 10.1. The van der Waals surface area contributed by atoms with Crippen molar-refractivity contribution < 1.29 is 11.3 Å². The molecule has 2 N–H and O–H groups in total. The van der Waals surface area contributed by atoms with Crippen LogP contribution < -0.4 is 10.1 Å². The number of nitrogens with one attached hydrogen (secondary N) is 1. The second kappa shape index (κ2) is 7.51. The number of aliphatic hydroxyl groups excluding tert-OH is 1. The summed E-state index contributed by atoms with van der Waals surface area (Å²) in [6.07, 6.45) is 2.61. The van der Waals surface area contributed by atoms with Crippen molar-refractivity contribution in [2.75, 3.05) is 19.7 Å². The number of hydrogen-bond donors (Lipinski definition) is 2. The van der Waals surface area contributed by atoms with E-state index < -0.39 is 0 Å². The summed E-state index contributed by atoms with van der Waals surface area (Å²) in [6, 6.07) is 13.5. The second-order valence-corrected chi connectivity index (χ2v) is 4.14. The van der Waals surface area contributed by atoms with Gasteiger partial charge in [0.1, 0.15) is 5.75 Å². The molecule has 1 aromatic heterocycles. The zero-order valence-corrected chi connectivity index (χ0v) is 10.7. The van der Waals surface area contributed by atoms with E-state index >= 15 is 0 Å². The first-order chi connectivity index (χ1) is 9.38. The first-order valence-corrected chi connectivity index (χ1v) is 6.38. The molecule has 0 atom stereocenters. The van der Waals surface area contributed by atoms with E-state index in [1.807, 2.05) is 36.4 Å². The molecule has 0 aliphatic rings. The Bertz CT molecular complexity index is 494. The zero-order valence-electron chi connectivity index (χ0n) is 10.7. The number of rotatable bonds is 7. The Kier molecular flexibility index (Phi) is 5.34. The van der Waals surface area contributed by atoms with Crippen LogP contribution in [0, 0.1) is 0 Å². The fraction of sp³-hybridized carbons (Fsp3) is 0.267. The molecule has 0 spiro atoms. The molecule has 0 fully saturated rings. The molecular weight excluding hydrogens is 240 g/mol. The van der Waals surface area contributed by atoms with Crippen LogP contribution in [0.1, 0.15) is 6.99 Å². The lowest BCUT2D eigenvalue weighted by molar-refractivity contribution is 0.293. The minimum atomic E-state index is 0. The normalized spacial score (nSPS) is 10.4. The van der Waals surface area contributed by atoms with Gasteiger partial charge in [-0.3, -0.25) is 0 Å². The molecule has 4 heteroatoms. The van der Waals surface area contributed by atoms with Crippen LogP contribution >= 0.6 is 0 Å². The van der Waals surface area contributed by atoms with Gasteiger partial charge in [0, 0.05) is 20.2 Å². The Morgan fingerprint density at radius 2 is 2.11 bits per heavy atom. The molecule has 2 rings (SSSR count). The molecule has 0 bridgehead atoms. The molecule has 0 aliphatic carbocycles. The first kappa shape index (κ1) is 13.5. The van der Waals surface area contributed by atoms with Gasteiger partial charge in [-0.1, -0.05) is 18.2 Å². The standard InChI is InChI=1S/C15H18N2O2.H2/c18-11-10-16-9-7-13-4-3-5-14(12-13)19-15-6-1-2-8-17-15;/h1-6,8,12,16,18H,7,9-11H2;1H. The van der Waals surface area contributed by atoms with E-state index in [1.54, 1.807) is 6.20 Å². The van der Waals surface area contributed by atoms with E-state index in [0.717, 1.165) is 18.7 Å². The van der Waals surface area contributed by atoms with Crippen LogP contribution in [0.2, 0.25) is 0 Å².